The van der Waals surface area contributed by atoms with Crippen LogP contribution in [0.2, 0.25) is 0 Å². The summed E-state index contributed by atoms with van der Waals surface area (Å²) in [4.78, 5) is 35.5. The predicted molar refractivity (Wildman–Crippen MR) is 81.3 cm³/mol. The molecule has 0 aromatic carbocycles. The van der Waals surface area contributed by atoms with Gasteiger partial charge in [0.05, 0.1) is 27.3 Å². The summed E-state index contributed by atoms with van der Waals surface area (Å²) < 4.78 is 22.2. The lowest BCUT2D eigenvalue weighted by molar-refractivity contribution is -0.901. The Labute approximate surface area is 136 Å². The van der Waals surface area contributed by atoms with Gasteiger partial charge in [-0.15, -0.1) is 0 Å². The second kappa shape index (κ2) is 7.75. The van der Waals surface area contributed by atoms with Gasteiger partial charge in [-0.25, -0.2) is 9.59 Å². The molecule has 2 rings (SSSR count). The maximum atomic E-state index is 12.6. The van der Waals surface area contributed by atoms with Gasteiger partial charge in [0.25, 0.3) is 0 Å². The zero-order valence-corrected chi connectivity index (χ0v) is 14.6. The summed E-state index contributed by atoms with van der Waals surface area (Å²) in [5, 5.41) is 0. The van der Waals surface area contributed by atoms with Gasteiger partial charge >= 0.3 is 19.3 Å². The molecule has 2 aliphatic rings. The Hall–Kier alpha value is -0.950. The van der Waals surface area contributed by atoms with Crippen molar-refractivity contribution in [3.63, 3.8) is 0 Å². The van der Waals surface area contributed by atoms with Crippen LogP contribution < -0.4 is 9.80 Å². The van der Waals surface area contributed by atoms with Gasteiger partial charge in [0, 0.05) is 25.7 Å². The molecule has 0 amide bonds. The monoisotopic (exact) mass is 350 g/mol. The summed E-state index contributed by atoms with van der Waals surface area (Å²) in [6.45, 7) is 1.39. The number of esters is 2. The lowest BCUT2D eigenvalue weighted by Gasteiger charge is -2.25. The number of carbonyl (C=O) groups is 2. The van der Waals surface area contributed by atoms with E-state index in [1.54, 1.807) is 0 Å². The quantitative estimate of drug-likeness (QED) is 0.365. The van der Waals surface area contributed by atoms with Crippen LogP contribution in [0, 0.1) is 0 Å². The number of hydrogen-bond acceptors (Lipinski definition) is 5. The minimum atomic E-state index is -3.46. The van der Waals surface area contributed by atoms with E-state index in [1.807, 2.05) is 0 Å². The van der Waals surface area contributed by atoms with Crippen molar-refractivity contribution in [2.75, 3.05) is 39.9 Å². The van der Waals surface area contributed by atoms with Crippen molar-refractivity contribution in [1.29, 1.82) is 0 Å². The van der Waals surface area contributed by atoms with E-state index in [0.717, 1.165) is 22.6 Å². The molecule has 0 bridgehead atoms. The molecule has 23 heavy (non-hydrogen) atoms. The molecule has 3 N–H and O–H groups in total. The van der Waals surface area contributed by atoms with E-state index in [2.05, 4.69) is 0 Å². The molecule has 0 aliphatic carbocycles. The van der Waals surface area contributed by atoms with E-state index >= 15 is 0 Å². The third-order valence-corrected chi connectivity index (χ3v) is 6.64. The molecule has 2 heterocycles. The van der Waals surface area contributed by atoms with Crippen LogP contribution in [-0.2, 0) is 23.6 Å². The first-order chi connectivity index (χ1) is 10.9. The van der Waals surface area contributed by atoms with E-state index < -0.39 is 7.37 Å². The van der Waals surface area contributed by atoms with Gasteiger partial charge in [-0.2, -0.15) is 0 Å². The largest absolute Gasteiger partial charge is 0.465 e. The maximum Gasteiger partial charge on any atom is 0.364 e. The molecular weight excluding hydrogens is 323 g/mol. The van der Waals surface area contributed by atoms with Crippen LogP contribution >= 0.6 is 7.37 Å². The van der Waals surface area contributed by atoms with E-state index in [0.29, 0.717) is 25.9 Å². The lowest BCUT2D eigenvalue weighted by atomic mass is 10.2. The standard InChI is InChI=1S/C14H25N2O6P/c1-21-13(17)11-5-3-7-15(11)9-23(19,20)10-16-8-4-6-12(16)14(18)22-2/h11-12H,3-10H2,1-2H3,(H,19,20)/p+2/t11-,12-/m1/s1. The van der Waals surface area contributed by atoms with Crippen molar-refractivity contribution in [2.45, 2.75) is 37.8 Å². The Bertz CT molecular complexity index is 460. The van der Waals surface area contributed by atoms with Crippen LogP contribution in [0.15, 0.2) is 0 Å². The Morgan fingerprint density at radius 3 is 1.74 bits per heavy atom. The highest BCUT2D eigenvalue weighted by molar-refractivity contribution is 7.57. The zero-order chi connectivity index (χ0) is 17.0. The molecule has 2 fully saturated rings. The molecule has 0 saturated carbocycles. The van der Waals surface area contributed by atoms with Crippen LogP contribution in [0.1, 0.15) is 25.7 Å². The molecule has 2 saturated heterocycles. The minimum absolute atomic E-state index is 0.0458. The average Bonchev–Trinajstić information content (AvgIpc) is 3.14. The number of methoxy groups -OCH3 is 2. The highest BCUT2D eigenvalue weighted by Gasteiger charge is 2.44. The highest BCUT2D eigenvalue weighted by atomic mass is 31.2. The molecule has 0 aromatic rings. The predicted octanol–water partition coefficient (Wildman–Crippen LogP) is -2.39. The number of rotatable bonds is 6. The van der Waals surface area contributed by atoms with Gasteiger partial charge in [-0.1, -0.05) is 0 Å². The summed E-state index contributed by atoms with van der Waals surface area (Å²) >= 11 is 0. The summed E-state index contributed by atoms with van der Waals surface area (Å²) in [6.07, 6.45) is 3.15. The smallest absolute Gasteiger partial charge is 0.364 e. The third-order valence-electron chi connectivity index (χ3n) is 4.84. The number of carbonyl (C=O) groups excluding carboxylic acids is 2. The van der Waals surface area contributed by atoms with Crippen molar-refractivity contribution >= 4 is 19.3 Å². The number of ether oxygens (including phenoxy) is 2. The first kappa shape index (κ1) is 18.4. The number of nitrogens with one attached hydrogen (secondary N) is 2. The van der Waals surface area contributed by atoms with Gasteiger partial charge < -0.3 is 24.2 Å². The van der Waals surface area contributed by atoms with E-state index in [9.17, 15) is 19.0 Å². The summed E-state index contributed by atoms with van der Waals surface area (Å²) in [5.74, 6) is -0.642. The molecule has 8 nitrogen and oxygen atoms in total. The molecule has 0 spiro atoms. The van der Waals surface area contributed by atoms with E-state index in [1.165, 1.54) is 14.2 Å². The fourth-order valence-corrected chi connectivity index (χ4v) is 5.88. The summed E-state index contributed by atoms with van der Waals surface area (Å²) in [6, 6.07) is -0.712. The molecule has 0 aromatic heterocycles. The Morgan fingerprint density at radius 2 is 1.39 bits per heavy atom. The van der Waals surface area contributed by atoms with Gasteiger partial charge in [0.2, 0.25) is 0 Å². The summed E-state index contributed by atoms with van der Waals surface area (Å²) in [7, 11) is -0.777. The second-order valence-electron chi connectivity index (χ2n) is 6.41. The first-order valence-corrected chi connectivity index (χ1v) is 10.1. The maximum absolute atomic E-state index is 12.6. The van der Waals surface area contributed by atoms with Crippen molar-refractivity contribution in [1.82, 2.24) is 0 Å². The molecule has 2 aliphatic heterocycles. The zero-order valence-electron chi connectivity index (χ0n) is 13.7. The Morgan fingerprint density at radius 1 is 1.00 bits per heavy atom. The van der Waals surface area contributed by atoms with E-state index in [4.69, 9.17) is 9.47 Å². The van der Waals surface area contributed by atoms with Crippen molar-refractivity contribution in [3.05, 3.63) is 0 Å². The lowest BCUT2D eigenvalue weighted by Crippen LogP contribution is -3.17. The topological polar surface area (TPSA) is 98.8 Å². The van der Waals surface area contributed by atoms with Crippen molar-refractivity contribution in [3.8, 4) is 0 Å². The number of hydrogen-bond donors (Lipinski definition) is 3. The molecular formula is C14H27N2O6P+2. The van der Waals surface area contributed by atoms with Crippen molar-refractivity contribution in [2.24, 2.45) is 0 Å². The average molecular weight is 350 g/mol. The van der Waals surface area contributed by atoms with Crippen LogP contribution in [0.5, 0.6) is 0 Å². The normalized spacial score (nSPS) is 33.2. The van der Waals surface area contributed by atoms with Crippen LogP contribution in [0.3, 0.4) is 0 Å². The van der Waals surface area contributed by atoms with Crippen LogP contribution in [0.25, 0.3) is 0 Å². The van der Waals surface area contributed by atoms with Gasteiger partial charge in [0.15, 0.2) is 24.7 Å². The Kier molecular flexibility index (Phi) is 6.19. The fourth-order valence-electron chi connectivity index (χ4n) is 3.75. The van der Waals surface area contributed by atoms with Crippen LogP contribution in [0.4, 0.5) is 0 Å². The van der Waals surface area contributed by atoms with Gasteiger partial charge in [0.1, 0.15) is 0 Å². The number of quaternary nitrogens is 2. The van der Waals surface area contributed by atoms with E-state index in [-0.39, 0.29) is 36.6 Å². The van der Waals surface area contributed by atoms with Gasteiger partial charge in [-0.3, -0.25) is 4.57 Å². The Balaban J connectivity index is 1.97. The minimum Gasteiger partial charge on any atom is -0.465 e. The molecule has 132 valence electrons. The third kappa shape index (κ3) is 4.53. The molecule has 0 radical (unpaired) electrons. The van der Waals surface area contributed by atoms with Gasteiger partial charge in [-0.05, 0) is 0 Å². The summed E-state index contributed by atoms with van der Waals surface area (Å²) in [5.41, 5.74) is 0. The number of likely N-dealkylation sites (tertiary alicyclic amines) is 2. The van der Waals surface area contributed by atoms with Crippen LogP contribution in [-0.4, -0.2) is 68.8 Å². The second-order valence-corrected chi connectivity index (χ2v) is 8.74. The molecule has 9 heteroatoms. The highest BCUT2D eigenvalue weighted by Crippen LogP contribution is 2.35. The first-order valence-electron chi connectivity index (χ1n) is 8.03. The molecule has 4 atom stereocenters. The fraction of sp³-hybridized carbons (Fsp3) is 0.857. The molecule has 2 unspecified atom stereocenters. The van der Waals surface area contributed by atoms with Crippen molar-refractivity contribution < 1.29 is 38.3 Å². The SMILES string of the molecule is COC(=O)[C@H]1CCC[NH+]1CP(=O)(O)C[NH+]1CCC[C@@H]1C(=O)OC.